The van der Waals surface area contributed by atoms with Gasteiger partial charge in [0.1, 0.15) is 11.1 Å². The molecule has 1 aromatic heterocycles. The Hall–Kier alpha value is -3.06. The van der Waals surface area contributed by atoms with Crippen molar-refractivity contribution in [1.29, 1.82) is 0 Å². The number of hydrogen-bond acceptors (Lipinski definition) is 5. The molecule has 0 fully saturated rings. The Labute approximate surface area is 192 Å². The Balaban J connectivity index is 1.64. The maximum absolute atomic E-state index is 12.7. The van der Waals surface area contributed by atoms with Crippen LogP contribution in [0.5, 0.6) is 0 Å². The summed E-state index contributed by atoms with van der Waals surface area (Å²) in [7, 11) is 0. The minimum Gasteiger partial charge on any atom is -0.480 e. The molecule has 0 aliphatic carbocycles. The number of aryl methyl sites for hydroxylation is 1. The highest BCUT2D eigenvalue weighted by atomic mass is 32.2. The van der Waals surface area contributed by atoms with E-state index in [1.54, 1.807) is 10.6 Å². The quantitative estimate of drug-likeness (QED) is 0.431. The van der Waals surface area contributed by atoms with Gasteiger partial charge in [-0.2, -0.15) is 0 Å². The average Bonchev–Trinajstić information content (AvgIpc) is 2.79. The molecule has 1 heterocycles. The Kier molecular flexibility index (Phi) is 8.11. The lowest BCUT2D eigenvalue weighted by atomic mass is 10.1. The summed E-state index contributed by atoms with van der Waals surface area (Å²) in [6, 6.07) is 19.0. The van der Waals surface area contributed by atoms with Crippen molar-refractivity contribution >= 4 is 23.4 Å². The zero-order valence-electron chi connectivity index (χ0n) is 18.6. The molecule has 168 valence electrons. The van der Waals surface area contributed by atoms with E-state index in [9.17, 15) is 14.7 Å². The lowest BCUT2D eigenvalue weighted by Gasteiger charge is -2.16. The Morgan fingerprint density at radius 3 is 2.41 bits per heavy atom. The van der Waals surface area contributed by atoms with E-state index >= 15 is 0 Å². The van der Waals surface area contributed by atoms with Gasteiger partial charge in [0.25, 0.3) is 5.56 Å². The monoisotopic (exact) mass is 451 g/mol. The first kappa shape index (κ1) is 23.6. The summed E-state index contributed by atoms with van der Waals surface area (Å²) < 4.78 is 1.71. The van der Waals surface area contributed by atoms with Gasteiger partial charge in [-0.25, -0.2) is 4.98 Å². The largest absolute Gasteiger partial charge is 0.480 e. The zero-order valence-corrected chi connectivity index (χ0v) is 19.4. The molecular formula is C25H29N3O3S. The number of carbonyl (C=O) groups is 1. The fourth-order valence-corrected chi connectivity index (χ4v) is 4.36. The number of hydrogen-bond donors (Lipinski definition) is 2. The Bertz CT molecular complexity index is 1100. The lowest BCUT2D eigenvalue weighted by molar-refractivity contribution is -0.137. The standard InChI is InChI=1S/C25H29N3O3S/c1-4-22-27-21(18-8-6-5-7-9-18)16-23(29)28(22)15-14-26-19-10-12-20(13-11-19)32-24(17(2)3)25(30)31/h5-13,16-17,24,26H,4,14-15H2,1-3H3,(H,30,31). The molecule has 0 aliphatic heterocycles. The minimum atomic E-state index is -0.795. The van der Waals surface area contributed by atoms with Crippen LogP contribution in [-0.4, -0.2) is 32.4 Å². The second-order valence-corrected chi connectivity index (χ2v) is 9.05. The fraction of sp³-hybridized carbons (Fsp3) is 0.320. The van der Waals surface area contributed by atoms with Gasteiger partial charge in [-0.05, 0) is 30.2 Å². The Morgan fingerprint density at radius 2 is 1.81 bits per heavy atom. The molecule has 1 atom stereocenters. The number of anilines is 1. The summed E-state index contributed by atoms with van der Waals surface area (Å²) in [5.74, 6) is 0.0119. The second kappa shape index (κ2) is 11.0. The van der Waals surface area contributed by atoms with Crippen LogP contribution in [0.15, 0.2) is 70.4 Å². The summed E-state index contributed by atoms with van der Waals surface area (Å²) in [4.78, 5) is 29.8. The van der Waals surface area contributed by atoms with E-state index in [0.717, 1.165) is 22.0 Å². The first-order valence-corrected chi connectivity index (χ1v) is 11.7. The zero-order chi connectivity index (χ0) is 23.1. The third-order valence-corrected chi connectivity index (χ3v) is 6.65. The summed E-state index contributed by atoms with van der Waals surface area (Å²) in [6.07, 6.45) is 0.669. The molecule has 1 unspecified atom stereocenters. The lowest BCUT2D eigenvalue weighted by Crippen LogP contribution is -2.27. The van der Waals surface area contributed by atoms with E-state index in [-0.39, 0.29) is 11.5 Å². The first-order valence-electron chi connectivity index (χ1n) is 10.8. The number of nitrogens with zero attached hydrogens (tertiary/aromatic N) is 2. The van der Waals surface area contributed by atoms with Gasteiger partial charge in [0.2, 0.25) is 0 Å². The smallest absolute Gasteiger partial charge is 0.317 e. The van der Waals surface area contributed by atoms with Crippen LogP contribution in [-0.2, 0) is 17.8 Å². The van der Waals surface area contributed by atoms with Gasteiger partial charge in [-0.15, -0.1) is 11.8 Å². The van der Waals surface area contributed by atoms with Crippen LogP contribution in [0.2, 0.25) is 0 Å². The number of aromatic nitrogens is 2. The summed E-state index contributed by atoms with van der Waals surface area (Å²) in [5, 5.41) is 12.2. The molecule has 0 amide bonds. The van der Waals surface area contributed by atoms with Crippen LogP contribution in [0.1, 0.15) is 26.6 Å². The maximum atomic E-state index is 12.7. The van der Waals surface area contributed by atoms with Gasteiger partial charge < -0.3 is 10.4 Å². The van der Waals surface area contributed by atoms with Crippen LogP contribution in [0.3, 0.4) is 0 Å². The highest BCUT2D eigenvalue weighted by molar-refractivity contribution is 8.00. The molecule has 3 rings (SSSR count). The van der Waals surface area contributed by atoms with Crippen LogP contribution < -0.4 is 10.9 Å². The highest BCUT2D eigenvalue weighted by Gasteiger charge is 2.22. The Morgan fingerprint density at radius 1 is 1.12 bits per heavy atom. The van der Waals surface area contributed by atoms with Crippen LogP contribution in [0.4, 0.5) is 5.69 Å². The van der Waals surface area contributed by atoms with Crippen molar-refractivity contribution in [2.45, 2.75) is 43.9 Å². The number of thioether (sulfide) groups is 1. The minimum absolute atomic E-state index is 0.0447. The topological polar surface area (TPSA) is 84.2 Å². The molecule has 2 N–H and O–H groups in total. The SMILES string of the molecule is CCc1nc(-c2ccccc2)cc(=O)n1CCNc1ccc(SC(C(=O)O)C(C)C)cc1. The molecule has 2 aromatic carbocycles. The van der Waals surface area contributed by atoms with Gasteiger partial charge in [0.05, 0.1) is 5.69 Å². The number of carboxylic acids is 1. The number of rotatable bonds is 10. The third kappa shape index (κ3) is 6.01. The summed E-state index contributed by atoms with van der Waals surface area (Å²) >= 11 is 1.36. The van der Waals surface area contributed by atoms with Crippen molar-refractivity contribution < 1.29 is 9.90 Å². The van der Waals surface area contributed by atoms with Gasteiger partial charge in [-0.1, -0.05) is 51.1 Å². The van der Waals surface area contributed by atoms with Gasteiger partial charge in [-0.3, -0.25) is 14.2 Å². The van der Waals surface area contributed by atoms with Crippen molar-refractivity contribution in [3.8, 4) is 11.3 Å². The van der Waals surface area contributed by atoms with Crippen molar-refractivity contribution in [3.63, 3.8) is 0 Å². The molecule has 32 heavy (non-hydrogen) atoms. The normalized spacial score (nSPS) is 12.0. The molecular weight excluding hydrogens is 422 g/mol. The number of benzene rings is 2. The average molecular weight is 452 g/mol. The van der Waals surface area contributed by atoms with E-state index in [1.165, 1.54) is 11.8 Å². The molecule has 0 radical (unpaired) electrons. The summed E-state index contributed by atoms with van der Waals surface area (Å²) in [6.45, 7) is 6.91. The predicted octanol–water partition coefficient (Wildman–Crippen LogP) is 4.79. The van der Waals surface area contributed by atoms with Crippen molar-refractivity contribution in [2.24, 2.45) is 5.92 Å². The predicted molar refractivity (Wildman–Crippen MR) is 130 cm³/mol. The van der Waals surface area contributed by atoms with Crippen LogP contribution >= 0.6 is 11.8 Å². The molecule has 7 heteroatoms. The summed E-state index contributed by atoms with van der Waals surface area (Å²) in [5.41, 5.74) is 2.50. The van der Waals surface area contributed by atoms with Gasteiger partial charge in [0.15, 0.2) is 0 Å². The number of nitrogens with one attached hydrogen (secondary N) is 1. The molecule has 0 spiro atoms. The van der Waals surface area contributed by atoms with E-state index in [0.29, 0.717) is 25.2 Å². The molecule has 0 saturated heterocycles. The second-order valence-electron chi connectivity index (χ2n) is 7.84. The number of carboxylic acid groups (broad SMARTS) is 1. The van der Waals surface area contributed by atoms with Gasteiger partial charge in [0, 0.05) is 41.7 Å². The van der Waals surface area contributed by atoms with E-state index in [2.05, 4.69) is 5.32 Å². The maximum Gasteiger partial charge on any atom is 0.317 e. The van der Waals surface area contributed by atoms with Gasteiger partial charge >= 0.3 is 5.97 Å². The van der Waals surface area contributed by atoms with Crippen molar-refractivity contribution in [3.05, 3.63) is 76.8 Å². The third-order valence-electron chi connectivity index (χ3n) is 5.10. The molecule has 0 aliphatic rings. The number of aliphatic carboxylic acids is 1. The van der Waals surface area contributed by atoms with E-state index in [1.807, 2.05) is 75.4 Å². The fourth-order valence-electron chi connectivity index (χ4n) is 3.40. The van der Waals surface area contributed by atoms with E-state index < -0.39 is 11.2 Å². The highest BCUT2D eigenvalue weighted by Crippen LogP contribution is 2.29. The van der Waals surface area contributed by atoms with Crippen molar-refractivity contribution in [2.75, 3.05) is 11.9 Å². The molecule has 0 saturated carbocycles. The van der Waals surface area contributed by atoms with Crippen LogP contribution in [0, 0.1) is 5.92 Å². The molecule has 6 nitrogen and oxygen atoms in total. The van der Waals surface area contributed by atoms with Crippen LogP contribution in [0.25, 0.3) is 11.3 Å². The molecule has 0 bridgehead atoms. The van der Waals surface area contributed by atoms with E-state index in [4.69, 9.17) is 4.98 Å². The van der Waals surface area contributed by atoms with Crippen molar-refractivity contribution in [1.82, 2.24) is 9.55 Å². The first-order chi connectivity index (χ1) is 15.4. The molecule has 3 aromatic rings.